The standard InChI is InChI=1S/C14H21N3O3S/c1-11(2)15-21(19,20)16-13-7-5-6-12(10-13)14(18)17-8-3-4-9-17/h5-7,10-11,15-16H,3-4,8-9H2,1-2H3. The second kappa shape index (κ2) is 6.44. The SMILES string of the molecule is CC(C)NS(=O)(=O)Nc1cccc(C(=O)N2CCCC2)c1. The van der Waals surface area contributed by atoms with Crippen molar-refractivity contribution in [3.05, 3.63) is 29.8 Å². The molecule has 0 unspecified atom stereocenters. The van der Waals surface area contributed by atoms with Gasteiger partial charge in [-0.3, -0.25) is 9.52 Å². The van der Waals surface area contributed by atoms with Crippen LogP contribution in [-0.4, -0.2) is 38.4 Å². The highest BCUT2D eigenvalue weighted by Crippen LogP contribution is 2.17. The topological polar surface area (TPSA) is 78.5 Å². The molecule has 1 aliphatic heterocycles. The maximum Gasteiger partial charge on any atom is 0.299 e. The average molecular weight is 311 g/mol. The zero-order chi connectivity index (χ0) is 15.5. The van der Waals surface area contributed by atoms with Crippen LogP contribution in [0.25, 0.3) is 0 Å². The van der Waals surface area contributed by atoms with Crippen molar-refractivity contribution in [3.8, 4) is 0 Å². The number of nitrogens with one attached hydrogen (secondary N) is 2. The van der Waals surface area contributed by atoms with Crippen LogP contribution in [0.1, 0.15) is 37.0 Å². The van der Waals surface area contributed by atoms with Crippen LogP contribution in [0.4, 0.5) is 5.69 Å². The first-order valence-electron chi connectivity index (χ1n) is 7.07. The van der Waals surface area contributed by atoms with Crippen LogP contribution in [0.5, 0.6) is 0 Å². The molecule has 0 saturated carbocycles. The Hall–Kier alpha value is -1.60. The Balaban J connectivity index is 2.12. The quantitative estimate of drug-likeness (QED) is 0.866. The van der Waals surface area contributed by atoms with E-state index in [1.54, 1.807) is 43.0 Å². The van der Waals surface area contributed by atoms with Gasteiger partial charge in [0.2, 0.25) is 0 Å². The van der Waals surface area contributed by atoms with E-state index in [0.29, 0.717) is 11.3 Å². The van der Waals surface area contributed by atoms with Crippen molar-refractivity contribution in [1.82, 2.24) is 9.62 Å². The van der Waals surface area contributed by atoms with E-state index >= 15 is 0 Å². The molecule has 0 spiro atoms. The van der Waals surface area contributed by atoms with Crippen LogP contribution in [0.15, 0.2) is 24.3 Å². The molecule has 0 bridgehead atoms. The van der Waals surface area contributed by atoms with Gasteiger partial charge in [-0.15, -0.1) is 0 Å². The van der Waals surface area contributed by atoms with Crippen LogP contribution in [0.2, 0.25) is 0 Å². The smallest absolute Gasteiger partial charge is 0.299 e. The van der Waals surface area contributed by atoms with Gasteiger partial charge >= 0.3 is 0 Å². The molecule has 0 atom stereocenters. The summed E-state index contributed by atoms with van der Waals surface area (Å²) in [4.78, 5) is 14.1. The number of carbonyl (C=O) groups is 1. The van der Waals surface area contributed by atoms with Gasteiger partial charge in [-0.2, -0.15) is 13.1 Å². The third-order valence-electron chi connectivity index (χ3n) is 3.15. The van der Waals surface area contributed by atoms with E-state index in [0.717, 1.165) is 25.9 Å². The minimum absolute atomic E-state index is 0.0506. The second-order valence-electron chi connectivity index (χ2n) is 5.46. The Morgan fingerprint density at radius 3 is 2.52 bits per heavy atom. The molecule has 2 N–H and O–H groups in total. The van der Waals surface area contributed by atoms with Crippen LogP contribution in [0, 0.1) is 0 Å². The molecular formula is C14H21N3O3S. The largest absolute Gasteiger partial charge is 0.339 e. The Kier molecular flexibility index (Phi) is 4.84. The van der Waals surface area contributed by atoms with Crippen LogP contribution >= 0.6 is 0 Å². The van der Waals surface area contributed by atoms with Gasteiger partial charge < -0.3 is 4.90 Å². The summed E-state index contributed by atoms with van der Waals surface area (Å²) in [5.41, 5.74) is 0.884. The van der Waals surface area contributed by atoms with Crippen molar-refractivity contribution in [3.63, 3.8) is 0 Å². The first-order valence-corrected chi connectivity index (χ1v) is 8.55. The number of rotatable bonds is 5. The molecule has 0 radical (unpaired) electrons. The normalized spacial score (nSPS) is 15.5. The van der Waals surface area contributed by atoms with Crippen molar-refractivity contribution in [1.29, 1.82) is 0 Å². The van der Waals surface area contributed by atoms with Crippen LogP contribution in [0.3, 0.4) is 0 Å². The van der Waals surface area contributed by atoms with Gasteiger partial charge in [0.1, 0.15) is 0 Å². The van der Waals surface area contributed by atoms with Crippen LogP contribution < -0.4 is 9.44 Å². The molecule has 1 aromatic carbocycles. The van der Waals surface area contributed by atoms with Crippen molar-refractivity contribution in [2.45, 2.75) is 32.7 Å². The van der Waals surface area contributed by atoms with Gasteiger partial charge in [0, 0.05) is 24.7 Å². The Bertz CT molecular complexity index is 608. The first-order chi connectivity index (χ1) is 9.87. The van der Waals surface area contributed by atoms with E-state index in [1.165, 1.54) is 0 Å². The third kappa shape index (κ3) is 4.44. The number of nitrogens with zero attached hydrogens (tertiary/aromatic N) is 1. The Morgan fingerprint density at radius 1 is 1.24 bits per heavy atom. The Morgan fingerprint density at radius 2 is 1.90 bits per heavy atom. The summed E-state index contributed by atoms with van der Waals surface area (Å²) >= 11 is 0. The fourth-order valence-corrected chi connectivity index (χ4v) is 3.43. The van der Waals surface area contributed by atoms with Gasteiger partial charge in [-0.25, -0.2) is 0 Å². The predicted octanol–water partition coefficient (Wildman–Crippen LogP) is 1.58. The number of hydrogen-bond acceptors (Lipinski definition) is 3. The van der Waals surface area contributed by atoms with Gasteiger partial charge in [0.25, 0.3) is 16.1 Å². The van der Waals surface area contributed by atoms with Gasteiger partial charge in [0.15, 0.2) is 0 Å². The zero-order valence-corrected chi connectivity index (χ0v) is 13.1. The number of amides is 1. The fourth-order valence-electron chi connectivity index (χ4n) is 2.31. The van der Waals surface area contributed by atoms with Gasteiger partial charge in [-0.1, -0.05) is 6.07 Å². The Labute approximate surface area is 125 Å². The molecule has 7 heteroatoms. The first kappa shape index (κ1) is 15.8. The highest BCUT2D eigenvalue weighted by atomic mass is 32.2. The molecule has 0 aromatic heterocycles. The monoisotopic (exact) mass is 311 g/mol. The summed E-state index contributed by atoms with van der Waals surface area (Å²) in [6, 6.07) is 6.38. The molecular weight excluding hydrogens is 290 g/mol. The zero-order valence-electron chi connectivity index (χ0n) is 12.3. The van der Waals surface area contributed by atoms with E-state index in [-0.39, 0.29) is 11.9 Å². The molecule has 1 aliphatic rings. The summed E-state index contributed by atoms with van der Waals surface area (Å²) < 4.78 is 28.5. The van der Waals surface area contributed by atoms with E-state index in [2.05, 4.69) is 9.44 Å². The summed E-state index contributed by atoms with van der Waals surface area (Å²) in [7, 11) is -3.62. The molecule has 2 rings (SSSR count). The lowest BCUT2D eigenvalue weighted by Crippen LogP contribution is -2.35. The number of carbonyl (C=O) groups excluding carboxylic acids is 1. The highest BCUT2D eigenvalue weighted by Gasteiger charge is 2.20. The number of benzene rings is 1. The molecule has 1 fully saturated rings. The number of likely N-dealkylation sites (tertiary alicyclic amines) is 1. The highest BCUT2D eigenvalue weighted by molar-refractivity contribution is 7.90. The van der Waals surface area contributed by atoms with Gasteiger partial charge in [0.05, 0.1) is 5.69 Å². The minimum Gasteiger partial charge on any atom is -0.339 e. The van der Waals surface area contributed by atoms with E-state index < -0.39 is 10.2 Å². The molecule has 6 nitrogen and oxygen atoms in total. The van der Waals surface area contributed by atoms with E-state index in [1.807, 2.05) is 0 Å². The van der Waals surface area contributed by atoms with E-state index in [4.69, 9.17) is 0 Å². The summed E-state index contributed by atoms with van der Waals surface area (Å²) in [6.45, 7) is 5.02. The molecule has 1 amide bonds. The fraction of sp³-hybridized carbons (Fsp3) is 0.500. The van der Waals surface area contributed by atoms with E-state index in [9.17, 15) is 13.2 Å². The van der Waals surface area contributed by atoms with Crippen LogP contribution in [-0.2, 0) is 10.2 Å². The van der Waals surface area contributed by atoms with Crippen molar-refractivity contribution >= 4 is 21.8 Å². The number of hydrogen-bond donors (Lipinski definition) is 2. The molecule has 21 heavy (non-hydrogen) atoms. The number of anilines is 1. The molecule has 116 valence electrons. The molecule has 0 aliphatic carbocycles. The van der Waals surface area contributed by atoms with Crippen molar-refractivity contribution in [2.24, 2.45) is 0 Å². The van der Waals surface area contributed by atoms with Gasteiger partial charge in [-0.05, 0) is 44.9 Å². The maximum absolute atomic E-state index is 12.3. The average Bonchev–Trinajstić information content (AvgIpc) is 2.89. The third-order valence-corrected chi connectivity index (χ3v) is 4.43. The molecule has 1 saturated heterocycles. The second-order valence-corrected chi connectivity index (χ2v) is 6.90. The lowest BCUT2D eigenvalue weighted by molar-refractivity contribution is 0.0793. The predicted molar refractivity (Wildman–Crippen MR) is 82.4 cm³/mol. The summed E-state index contributed by atoms with van der Waals surface area (Å²) in [5.74, 6) is -0.0506. The van der Waals surface area contributed by atoms with Crippen molar-refractivity contribution in [2.75, 3.05) is 17.8 Å². The molecule has 1 heterocycles. The lowest BCUT2D eigenvalue weighted by atomic mass is 10.2. The minimum atomic E-state index is -3.62. The summed E-state index contributed by atoms with van der Waals surface area (Å²) in [6.07, 6.45) is 2.05. The molecule has 1 aromatic rings. The summed E-state index contributed by atoms with van der Waals surface area (Å²) in [5, 5.41) is 0. The lowest BCUT2D eigenvalue weighted by Gasteiger charge is -2.16. The maximum atomic E-state index is 12.3. The van der Waals surface area contributed by atoms with Crippen molar-refractivity contribution < 1.29 is 13.2 Å².